The summed E-state index contributed by atoms with van der Waals surface area (Å²) in [7, 11) is 2.14. The molecule has 0 aliphatic carbocycles. The maximum Gasteiger partial charge on any atom is 0.265 e. The van der Waals surface area contributed by atoms with Crippen molar-refractivity contribution >= 4 is 22.4 Å². The maximum absolute atomic E-state index is 12.4. The first-order valence-electron chi connectivity index (χ1n) is 7.13. The molecule has 0 atom stereocenters. The van der Waals surface area contributed by atoms with E-state index < -0.39 is 0 Å². The van der Waals surface area contributed by atoms with Gasteiger partial charge in [0.2, 0.25) is 0 Å². The molecule has 6 nitrogen and oxygen atoms in total. The molecule has 0 spiro atoms. The van der Waals surface area contributed by atoms with Crippen LogP contribution >= 0.6 is 11.3 Å². The van der Waals surface area contributed by atoms with E-state index in [0.717, 1.165) is 62.4 Å². The first-order valence-corrected chi connectivity index (χ1v) is 7.95. The highest BCUT2D eigenvalue weighted by Crippen LogP contribution is 2.24. The first-order chi connectivity index (χ1) is 9.74. The zero-order chi connectivity index (χ0) is 13.9. The molecular formula is C13H21N5OS. The summed E-state index contributed by atoms with van der Waals surface area (Å²) >= 11 is 1.53. The van der Waals surface area contributed by atoms with Crippen LogP contribution in [0.15, 0.2) is 6.20 Å². The minimum atomic E-state index is 0.129. The quantitative estimate of drug-likeness (QED) is 0.828. The smallest absolute Gasteiger partial charge is 0.265 e. The van der Waals surface area contributed by atoms with Gasteiger partial charge in [-0.15, -0.1) is 0 Å². The van der Waals surface area contributed by atoms with Gasteiger partial charge in [0.05, 0.1) is 6.20 Å². The Balaban J connectivity index is 1.65. The Labute approximate surface area is 123 Å². The van der Waals surface area contributed by atoms with Crippen LogP contribution in [0, 0.1) is 0 Å². The molecule has 0 saturated carbocycles. The summed E-state index contributed by atoms with van der Waals surface area (Å²) in [6, 6.07) is 0. The average molecular weight is 295 g/mol. The summed E-state index contributed by atoms with van der Waals surface area (Å²) in [5.41, 5.74) is 0. The lowest BCUT2D eigenvalue weighted by Gasteiger charge is -2.32. The number of rotatable bonds is 2. The molecule has 1 amide bonds. The van der Waals surface area contributed by atoms with Gasteiger partial charge in [0.15, 0.2) is 5.13 Å². The Bertz CT molecular complexity index is 463. The molecular weight excluding hydrogens is 274 g/mol. The zero-order valence-corrected chi connectivity index (χ0v) is 12.7. The van der Waals surface area contributed by atoms with Gasteiger partial charge in [-0.05, 0) is 7.05 Å². The van der Waals surface area contributed by atoms with Crippen molar-refractivity contribution in [2.75, 3.05) is 64.3 Å². The molecule has 0 radical (unpaired) electrons. The van der Waals surface area contributed by atoms with Crippen molar-refractivity contribution in [2.45, 2.75) is 0 Å². The van der Waals surface area contributed by atoms with E-state index in [1.807, 2.05) is 4.90 Å². The highest BCUT2D eigenvalue weighted by Gasteiger charge is 2.22. The SMILES string of the molecule is CN1CCN(c2ncc(C(=O)N3CCNCC3)s2)CC1. The summed E-state index contributed by atoms with van der Waals surface area (Å²) in [5.74, 6) is 0.129. The average Bonchev–Trinajstić information content (AvgIpc) is 2.98. The van der Waals surface area contributed by atoms with Gasteiger partial charge >= 0.3 is 0 Å². The number of piperazine rings is 2. The van der Waals surface area contributed by atoms with E-state index >= 15 is 0 Å². The van der Waals surface area contributed by atoms with Gasteiger partial charge in [0, 0.05) is 52.4 Å². The van der Waals surface area contributed by atoms with E-state index in [4.69, 9.17) is 0 Å². The van der Waals surface area contributed by atoms with Crippen LogP contribution in [0.5, 0.6) is 0 Å². The predicted molar refractivity (Wildman–Crippen MR) is 80.6 cm³/mol. The van der Waals surface area contributed by atoms with Crippen LogP contribution in [0.25, 0.3) is 0 Å². The van der Waals surface area contributed by atoms with Crippen LogP contribution < -0.4 is 10.2 Å². The molecule has 2 fully saturated rings. The number of nitrogens with one attached hydrogen (secondary N) is 1. The number of hydrogen-bond acceptors (Lipinski definition) is 6. The van der Waals surface area contributed by atoms with Gasteiger partial charge in [-0.3, -0.25) is 4.79 Å². The number of carbonyl (C=O) groups excluding carboxylic acids is 1. The largest absolute Gasteiger partial charge is 0.346 e. The molecule has 110 valence electrons. The van der Waals surface area contributed by atoms with Gasteiger partial charge in [0.1, 0.15) is 4.88 Å². The van der Waals surface area contributed by atoms with Crippen LogP contribution in [-0.4, -0.2) is 80.1 Å². The van der Waals surface area contributed by atoms with Crippen LogP contribution in [0.4, 0.5) is 5.13 Å². The van der Waals surface area contributed by atoms with E-state index in [0.29, 0.717) is 0 Å². The molecule has 2 saturated heterocycles. The van der Waals surface area contributed by atoms with E-state index in [1.54, 1.807) is 6.20 Å². The molecule has 0 unspecified atom stereocenters. The number of anilines is 1. The molecule has 0 bridgehead atoms. The van der Waals surface area contributed by atoms with E-state index in [-0.39, 0.29) is 5.91 Å². The third-order valence-corrected chi connectivity index (χ3v) is 4.93. The van der Waals surface area contributed by atoms with Crippen molar-refractivity contribution < 1.29 is 4.79 Å². The number of likely N-dealkylation sites (N-methyl/N-ethyl adjacent to an activating group) is 1. The first kappa shape index (κ1) is 13.8. The molecule has 3 heterocycles. The molecule has 1 aromatic rings. The number of nitrogens with zero attached hydrogens (tertiary/aromatic N) is 4. The van der Waals surface area contributed by atoms with Crippen molar-refractivity contribution in [3.63, 3.8) is 0 Å². The number of thiazole rings is 1. The maximum atomic E-state index is 12.4. The summed E-state index contributed by atoms with van der Waals surface area (Å²) < 4.78 is 0. The molecule has 20 heavy (non-hydrogen) atoms. The molecule has 1 N–H and O–H groups in total. The minimum Gasteiger partial charge on any atom is -0.346 e. The fourth-order valence-corrected chi connectivity index (χ4v) is 3.47. The fraction of sp³-hybridized carbons (Fsp3) is 0.692. The number of hydrogen-bond donors (Lipinski definition) is 1. The van der Waals surface area contributed by atoms with Crippen molar-refractivity contribution in [2.24, 2.45) is 0 Å². The summed E-state index contributed by atoms with van der Waals surface area (Å²) in [5, 5.41) is 4.25. The van der Waals surface area contributed by atoms with Gasteiger partial charge in [-0.2, -0.15) is 0 Å². The van der Waals surface area contributed by atoms with E-state index in [1.165, 1.54) is 11.3 Å². The zero-order valence-electron chi connectivity index (χ0n) is 11.8. The summed E-state index contributed by atoms with van der Waals surface area (Å²) in [4.78, 5) is 24.1. The lowest BCUT2D eigenvalue weighted by atomic mass is 10.3. The Hall–Kier alpha value is -1.18. The topological polar surface area (TPSA) is 51.7 Å². The Kier molecular flexibility index (Phi) is 4.18. The summed E-state index contributed by atoms with van der Waals surface area (Å²) in [6.07, 6.45) is 1.74. The number of amides is 1. The van der Waals surface area contributed by atoms with E-state index in [2.05, 4.69) is 27.1 Å². The summed E-state index contributed by atoms with van der Waals surface area (Å²) in [6.45, 7) is 7.45. The van der Waals surface area contributed by atoms with Gasteiger partial charge < -0.3 is 20.0 Å². The predicted octanol–water partition coefficient (Wildman–Crippen LogP) is -0.0597. The van der Waals surface area contributed by atoms with Crippen LogP contribution in [0.3, 0.4) is 0 Å². The Morgan fingerprint density at radius 2 is 1.90 bits per heavy atom. The molecule has 2 aliphatic rings. The van der Waals surface area contributed by atoms with Gasteiger partial charge in [-0.25, -0.2) is 4.98 Å². The van der Waals surface area contributed by atoms with Crippen LogP contribution in [0.1, 0.15) is 9.67 Å². The third-order valence-electron chi connectivity index (χ3n) is 3.88. The molecule has 2 aliphatic heterocycles. The second kappa shape index (κ2) is 6.07. The second-order valence-electron chi connectivity index (χ2n) is 5.34. The van der Waals surface area contributed by atoms with Crippen LogP contribution in [-0.2, 0) is 0 Å². The molecule has 3 rings (SSSR count). The number of carbonyl (C=O) groups is 1. The standard InChI is InChI=1S/C13H21N5OS/c1-16-6-8-18(9-7-16)13-15-10-11(20-13)12(19)17-4-2-14-3-5-17/h10,14H,2-9H2,1H3. The lowest BCUT2D eigenvalue weighted by Crippen LogP contribution is -2.46. The molecule has 1 aromatic heterocycles. The van der Waals surface area contributed by atoms with E-state index in [9.17, 15) is 4.79 Å². The van der Waals surface area contributed by atoms with Crippen molar-refractivity contribution in [3.05, 3.63) is 11.1 Å². The van der Waals surface area contributed by atoms with Crippen molar-refractivity contribution in [1.29, 1.82) is 0 Å². The minimum absolute atomic E-state index is 0.129. The Morgan fingerprint density at radius 1 is 1.20 bits per heavy atom. The Morgan fingerprint density at radius 3 is 2.60 bits per heavy atom. The van der Waals surface area contributed by atoms with Gasteiger partial charge in [-0.1, -0.05) is 11.3 Å². The monoisotopic (exact) mass is 295 g/mol. The number of aromatic nitrogens is 1. The molecule has 7 heteroatoms. The van der Waals surface area contributed by atoms with Crippen molar-refractivity contribution in [1.82, 2.24) is 20.1 Å². The third kappa shape index (κ3) is 2.94. The molecule has 0 aromatic carbocycles. The lowest BCUT2D eigenvalue weighted by molar-refractivity contribution is 0.0740. The highest BCUT2D eigenvalue weighted by molar-refractivity contribution is 7.17. The van der Waals surface area contributed by atoms with Crippen LogP contribution in [0.2, 0.25) is 0 Å². The van der Waals surface area contributed by atoms with Crippen molar-refractivity contribution in [3.8, 4) is 0 Å². The highest BCUT2D eigenvalue weighted by atomic mass is 32.1. The second-order valence-corrected chi connectivity index (χ2v) is 6.35. The normalized spacial score (nSPS) is 21.2. The fourth-order valence-electron chi connectivity index (χ4n) is 2.53. The van der Waals surface area contributed by atoms with Gasteiger partial charge in [0.25, 0.3) is 5.91 Å².